The zero-order valence-corrected chi connectivity index (χ0v) is 12.0. The van der Waals surface area contributed by atoms with Gasteiger partial charge in [-0.1, -0.05) is 6.92 Å². The first-order valence-electron chi connectivity index (χ1n) is 5.88. The average molecular weight is 285 g/mol. The quantitative estimate of drug-likeness (QED) is 0.734. The van der Waals surface area contributed by atoms with Crippen LogP contribution in [-0.4, -0.2) is 27.4 Å². The predicted molar refractivity (Wildman–Crippen MR) is 74.1 cm³/mol. The van der Waals surface area contributed by atoms with Gasteiger partial charge in [-0.05, 0) is 38.2 Å². The fourth-order valence-electron chi connectivity index (χ4n) is 1.33. The number of nitrogens with one attached hydrogen (secondary N) is 2. The van der Waals surface area contributed by atoms with E-state index in [0.29, 0.717) is 5.69 Å². The van der Waals surface area contributed by atoms with Gasteiger partial charge in [-0.25, -0.2) is 13.1 Å². The standard InChI is InChI=1S/C12H19N3O3S/c1-8(9(2)13)12(16)15-10-4-6-11(7-5-10)19(17,18)14-3/h4-9,14H,13H2,1-3H3,(H,15,16). The second-order valence-corrected chi connectivity index (χ2v) is 6.26. The summed E-state index contributed by atoms with van der Waals surface area (Å²) < 4.78 is 25.3. The predicted octanol–water partition coefficient (Wildman–Crippen LogP) is 0.517. The molecule has 1 rings (SSSR count). The summed E-state index contributed by atoms with van der Waals surface area (Å²) in [6.45, 7) is 3.49. The lowest BCUT2D eigenvalue weighted by atomic mass is 10.0. The van der Waals surface area contributed by atoms with Crippen LogP contribution in [-0.2, 0) is 14.8 Å². The normalized spacial score (nSPS) is 14.7. The Hall–Kier alpha value is -1.44. The summed E-state index contributed by atoms with van der Waals surface area (Å²) >= 11 is 0. The molecule has 0 aromatic heterocycles. The molecule has 0 saturated heterocycles. The Bertz CT molecular complexity index is 538. The van der Waals surface area contributed by atoms with E-state index in [4.69, 9.17) is 5.73 Å². The van der Waals surface area contributed by atoms with E-state index in [1.807, 2.05) is 0 Å². The molecule has 1 aromatic carbocycles. The highest BCUT2D eigenvalue weighted by molar-refractivity contribution is 7.89. The first-order valence-corrected chi connectivity index (χ1v) is 7.36. The number of hydrogen-bond donors (Lipinski definition) is 3. The summed E-state index contributed by atoms with van der Waals surface area (Å²) in [6, 6.07) is 5.69. The van der Waals surface area contributed by atoms with Crippen molar-refractivity contribution in [1.29, 1.82) is 0 Å². The number of benzene rings is 1. The van der Waals surface area contributed by atoms with Gasteiger partial charge in [0.2, 0.25) is 15.9 Å². The Kier molecular flexibility index (Phi) is 5.04. The number of hydrogen-bond acceptors (Lipinski definition) is 4. The summed E-state index contributed by atoms with van der Waals surface area (Å²) in [6.07, 6.45) is 0. The van der Waals surface area contributed by atoms with Crippen LogP contribution in [0.2, 0.25) is 0 Å². The van der Waals surface area contributed by atoms with Crippen molar-refractivity contribution < 1.29 is 13.2 Å². The topological polar surface area (TPSA) is 101 Å². The van der Waals surface area contributed by atoms with Gasteiger partial charge in [-0.15, -0.1) is 0 Å². The van der Waals surface area contributed by atoms with Gasteiger partial charge in [0.1, 0.15) is 0 Å². The zero-order chi connectivity index (χ0) is 14.6. The molecule has 0 aliphatic rings. The van der Waals surface area contributed by atoms with Crippen LogP contribution < -0.4 is 15.8 Å². The van der Waals surface area contributed by atoms with Crippen molar-refractivity contribution in [2.75, 3.05) is 12.4 Å². The lowest BCUT2D eigenvalue weighted by Gasteiger charge is -2.15. The van der Waals surface area contributed by atoms with Crippen LogP contribution in [0.25, 0.3) is 0 Å². The molecule has 2 atom stereocenters. The summed E-state index contributed by atoms with van der Waals surface area (Å²) in [5.41, 5.74) is 6.18. The first kappa shape index (κ1) is 15.6. The molecule has 106 valence electrons. The number of carbonyl (C=O) groups is 1. The maximum Gasteiger partial charge on any atom is 0.240 e. The van der Waals surface area contributed by atoms with Crippen molar-refractivity contribution in [3.8, 4) is 0 Å². The van der Waals surface area contributed by atoms with Crippen molar-refractivity contribution in [1.82, 2.24) is 4.72 Å². The Morgan fingerprint density at radius 3 is 2.16 bits per heavy atom. The maximum absolute atomic E-state index is 11.8. The summed E-state index contributed by atoms with van der Waals surface area (Å²) in [5.74, 6) is -0.514. The molecule has 2 unspecified atom stereocenters. The molecule has 6 nitrogen and oxygen atoms in total. The van der Waals surface area contributed by atoms with Crippen molar-refractivity contribution in [2.24, 2.45) is 11.7 Å². The third-order valence-electron chi connectivity index (χ3n) is 2.90. The van der Waals surface area contributed by atoms with E-state index >= 15 is 0 Å². The van der Waals surface area contributed by atoms with E-state index in [0.717, 1.165) is 0 Å². The largest absolute Gasteiger partial charge is 0.327 e. The third kappa shape index (κ3) is 4.02. The Morgan fingerprint density at radius 1 is 1.21 bits per heavy atom. The molecule has 0 saturated carbocycles. The molecule has 1 amide bonds. The fourth-order valence-corrected chi connectivity index (χ4v) is 2.06. The Balaban J connectivity index is 2.81. The van der Waals surface area contributed by atoms with Crippen molar-refractivity contribution >= 4 is 21.6 Å². The SMILES string of the molecule is CNS(=O)(=O)c1ccc(NC(=O)C(C)C(C)N)cc1. The van der Waals surface area contributed by atoms with Crippen LogP contribution >= 0.6 is 0 Å². The maximum atomic E-state index is 11.8. The Morgan fingerprint density at radius 2 is 1.74 bits per heavy atom. The molecule has 0 fully saturated rings. The monoisotopic (exact) mass is 285 g/mol. The zero-order valence-electron chi connectivity index (χ0n) is 11.2. The van der Waals surface area contributed by atoms with E-state index in [1.54, 1.807) is 13.8 Å². The average Bonchev–Trinajstić information content (AvgIpc) is 2.38. The van der Waals surface area contributed by atoms with Crippen LogP contribution in [0.1, 0.15) is 13.8 Å². The van der Waals surface area contributed by atoms with E-state index in [1.165, 1.54) is 31.3 Å². The van der Waals surface area contributed by atoms with Gasteiger partial charge < -0.3 is 11.1 Å². The molecule has 19 heavy (non-hydrogen) atoms. The van der Waals surface area contributed by atoms with Crippen molar-refractivity contribution in [2.45, 2.75) is 24.8 Å². The molecule has 1 aromatic rings. The summed E-state index contributed by atoms with van der Waals surface area (Å²) in [7, 11) is -2.11. The molecule has 4 N–H and O–H groups in total. The van der Waals surface area contributed by atoms with Crippen LogP contribution in [0.4, 0.5) is 5.69 Å². The van der Waals surface area contributed by atoms with E-state index < -0.39 is 10.0 Å². The van der Waals surface area contributed by atoms with Crippen LogP contribution in [0, 0.1) is 5.92 Å². The van der Waals surface area contributed by atoms with E-state index in [9.17, 15) is 13.2 Å². The minimum atomic E-state index is -3.46. The lowest BCUT2D eigenvalue weighted by molar-refractivity contribution is -0.119. The number of sulfonamides is 1. The van der Waals surface area contributed by atoms with Crippen LogP contribution in [0.3, 0.4) is 0 Å². The summed E-state index contributed by atoms with van der Waals surface area (Å²) in [4.78, 5) is 11.9. The van der Waals surface area contributed by atoms with Gasteiger partial charge in [0.05, 0.1) is 10.8 Å². The highest BCUT2D eigenvalue weighted by Crippen LogP contribution is 2.15. The molecule has 7 heteroatoms. The third-order valence-corrected chi connectivity index (χ3v) is 4.33. The molecule has 0 aliphatic carbocycles. The smallest absolute Gasteiger partial charge is 0.240 e. The minimum absolute atomic E-state index is 0.147. The number of rotatable bonds is 5. The van der Waals surface area contributed by atoms with Gasteiger partial charge in [-0.3, -0.25) is 4.79 Å². The fraction of sp³-hybridized carbons (Fsp3) is 0.417. The van der Waals surface area contributed by atoms with Gasteiger partial charge in [-0.2, -0.15) is 0 Å². The number of nitrogens with two attached hydrogens (primary N) is 1. The molecule has 0 bridgehead atoms. The molecule has 0 radical (unpaired) electrons. The van der Waals surface area contributed by atoms with Gasteiger partial charge in [0.25, 0.3) is 0 Å². The van der Waals surface area contributed by atoms with Gasteiger partial charge in [0.15, 0.2) is 0 Å². The van der Waals surface area contributed by atoms with Crippen molar-refractivity contribution in [3.05, 3.63) is 24.3 Å². The number of anilines is 1. The molecular weight excluding hydrogens is 266 g/mol. The highest BCUT2D eigenvalue weighted by Gasteiger charge is 2.17. The van der Waals surface area contributed by atoms with E-state index in [-0.39, 0.29) is 22.8 Å². The Labute approximate surface area is 113 Å². The van der Waals surface area contributed by atoms with Crippen molar-refractivity contribution in [3.63, 3.8) is 0 Å². The number of carbonyl (C=O) groups excluding carboxylic acids is 1. The van der Waals surface area contributed by atoms with Gasteiger partial charge in [0, 0.05) is 11.7 Å². The van der Waals surface area contributed by atoms with Gasteiger partial charge >= 0.3 is 0 Å². The first-order chi connectivity index (χ1) is 8.77. The highest BCUT2D eigenvalue weighted by atomic mass is 32.2. The summed E-state index contributed by atoms with van der Waals surface area (Å²) in [5, 5.41) is 2.69. The van der Waals surface area contributed by atoms with Crippen LogP contribution in [0.15, 0.2) is 29.2 Å². The lowest BCUT2D eigenvalue weighted by Crippen LogP contribution is -2.34. The second-order valence-electron chi connectivity index (χ2n) is 4.37. The second kappa shape index (κ2) is 6.14. The molecule has 0 heterocycles. The van der Waals surface area contributed by atoms with E-state index in [2.05, 4.69) is 10.0 Å². The molecule has 0 spiro atoms. The minimum Gasteiger partial charge on any atom is -0.327 e. The van der Waals surface area contributed by atoms with Crippen LogP contribution in [0.5, 0.6) is 0 Å². The number of amides is 1. The molecular formula is C12H19N3O3S. The molecule has 0 aliphatic heterocycles.